The molecule has 118 valence electrons. The summed E-state index contributed by atoms with van der Waals surface area (Å²) in [5, 5.41) is 11.3. The fourth-order valence-electron chi connectivity index (χ4n) is 2.36. The summed E-state index contributed by atoms with van der Waals surface area (Å²) in [5.41, 5.74) is 1.30. The van der Waals surface area contributed by atoms with Gasteiger partial charge >= 0.3 is 6.01 Å². The number of para-hydroxylation sites is 1. The molecule has 0 bridgehead atoms. The molecule has 6 heteroatoms. The van der Waals surface area contributed by atoms with E-state index in [1.807, 2.05) is 50.2 Å². The van der Waals surface area contributed by atoms with Crippen LogP contribution in [-0.2, 0) is 5.41 Å². The van der Waals surface area contributed by atoms with Crippen molar-refractivity contribution in [1.29, 1.82) is 0 Å². The number of aromatic nitrogens is 3. The Labute approximate surface area is 134 Å². The minimum absolute atomic E-state index is 0.330. The maximum atomic E-state index is 5.79. The standard InChI is InChI=1S/C17H18N4O2/c1-17(2,13-8-4-5-9-14(13)22-3)15-20-21-16(23-15)19-12-7-6-10-18-11-12/h4-11H,1-3H3,(H,19,21). The van der Waals surface area contributed by atoms with Gasteiger partial charge in [-0.25, -0.2) is 0 Å². The molecule has 3 rings (SSSR count). The fourth-order valence-corrected chi connectivity index (χ4v) is 2.36. The Bertz CT molecular complexity index is 784. The first kappa shape index (κ1) is 15.0. The van der Waals surface area contributed by atoms with Gasteiger partial charge in [0, 0.05) is 11.8 Å². The lowest BCUT2D eigenvalue weighted by Crippen LogP contribution is -2.20. The zero-order chi connectivity index (χ0) is 16.3. The van der Waals surface area contributed by atoms with Crippen LogP contribution < -0.4 is 10.1 Å². The SMILES string of the molecule is COc1ccccc1C(C)(C)c1nnc(Nc2cccnc2)o1. The van der Waals surface area contributed by atoms with E-state index >= 15 is 0 Å². The number of nitrogens with zero attached hydrogens (tertiary/aromatic N) is 3. The van der Waals surface area contributed by atoms with Gasteiger partial charge in [0.05, 0.1) is 24.4 Å². The second kappa shape index (κ2) is 6.08. The Morgan fingerprint density at radius 2 is 1.91 bits per heavy atom. The summed E-state index contributed by atoms with van der Waals surface area (Å²) in [5.74, 6) is 1.30. The van der Waals surface area contributed by atoms with Crippen molar-refractivity contribution in [2.24, 2.45) is 0 Å². The topological polar surface area (TPSA) is 73.1 Å². The number of ether oxygens (including phenoxy) is 1. The number of pyridine rings is 1. The van der Waals surface area contributed by atoms with Gasteiger partial charge in [0.2, 0.25) is 5.89 Å². The van der Waals surface area contributed by atoms with E-state index < -0.39 is 5.41 Å². The van der Waals surface area contributed by atoms with E-state index in [0.717, 1.165) is 17.0 Å². The number of methoxy groups -OCH3 is 1. The molecule has 1 aromatic carbocycles. The van der Waals surface area contributed by atoms with E-state index in [-0.39, 0.29) is 0 Å². The average molecular weight is 310 g/mol. The zero-order valence-electron chi connectivity index (χ0n) is 13.3. The molecule has 6 nitrogen and oxygen atoms in total. The summed E-state index contributed by atoms with van der Waals surface area (Å²) >= 11 is 0. The van der Waals surface area contributed by atoms with Crippen LogP contribution in [0.15, 0.2) is 53.2 Å². The van der Waals surface area contributed by atoms with Gasteiger partial charge in [0.25, 0.3) is 0 Å². The first-order valence-electron chi connectivity index (χ1n) is 7.26. The molecule has 0 radical (unpaired) electrons. The summed E-state index contributed by atoms with van der Waals surface area (Å²) < 4.78 is 11.2. The van der Waals surface area contributed by atoms with Crippen LogP contribution in [0.1, 0.15) is 25.3 Å². The van der Waals surface area contributed by atoms with E-state index in [0.29, 0.717) is 11.9 Å². The number of benzene rings is 1. The van der Waals surface area contributed by atoms with Crippen LogP contribution in [0.2, 0.25) is 0 Å². The first-order chi connectivity index (χ1) is 11.1. The summed E-state index contributed by atoms with van der Waals surface area (Å²) in [6, 6.07) is 11.8. The minimum Gasteiger partial charge on any atom is -0.496 e. The van der Waals surface area contributed by atoms with E-state index in [9.17, 15) is 0 Å². The van der Waals surface area contributed by atoms with Crippen molar-refractivity contribution in [2.45, 2.75) is 19.3 Å². The van der Waals surface area contributed by atoms with Crippen LogP contribution >= 0.6 is 0 Å². The summed E-state index contributed by atoms with van der Waals surface area (Å²) in [7, 11) is 1.65. The van der Waals surface area contributed by atoms with Gasteiger partial charge in [0.15, 0.2) is 0 Å². The second-order valence-electron chi connectivity index (χ2n) is 5.60. The Morgan fingerprint density at radius 1 is 1.09 bits per heavy atom. The molecule has 1 N–H and O–H groups in total. The van der Waals surface area contributed by atoms with Gasteiger partial charge < -0.3 is 14.5 Å². The predicted molar refractivity (Wildman–Crippen MR) is 86.9 cm³/mol. The molecule has 23 heavy (non-hydrogen) atoms. The van der Waals surface area contributed by atoms with Crippen molar-refractivity contribution in [1.82, 2.24) is 15.2 Å². The van der Waals surface area contributed by atoms with E-state index in [2.05, 4.69) is 20.5 Å². The number of hydrogen-bond donors (Lipinski definition) is 1. The smallest absolute Gasteiger partial charge is 0.320 e. The highest BCUT2D eigenvalue weighted by atomic mass is 16.5. The van der Waals surface area contributed by atoms with Crippen molar-refractivity contribution in [3.8, 4) is 5.75 Å². The Morgan fingerprint density at radius 3 is 2.65 bits per heavy atom. The minimum atomic E-state index is -0.478. The normalized spacial score (nSPS) is 11.3. The molecule has 0 atom stereocenters. The van der Waals surface area contributed by atoms with E-state index in [4.69, 9.17) is 9.15 Å². The highest BCUT2D eigenvalue weighted by molar-refractivity contribution is 5.50. The Balaban J connectivity index is 1.89. The highest BCUT2D eigenvalue weighted by Crippen LogP contribution is 2.36. The highest BCUT2D eigenvalue weighted by Gasteiger charge is 2.32. The molecule has 3 aromatic rings. The molecule has 0 spiro atoms. The Kier molecular flexibility index (Phi) is 3.97. The molecule has 0 unspecified atom stereocenters. The maximum Gasteiger partial charge on any atom is 0.320 e. The average Bonchev–Trinajstić information content (AvgIpc) is 3.05. The quantitative estimate of drug-likeness (QED) is 0.777. The third-order valence-corrected chi connectivity index (χ3v) is 3.65. The molecular weight excluding hydrogens is 292 g/mol. The second-order valence-corrected chi connectivity index (χ2v) is 5.60. The molecule has 0 aliphatic carbocycles. The predicted octanol–water partition coefficient (Wildman–Crippen LogP) is 3.54. The number of rotatable bonds is 5. The summed E-state index contributed by atoms with van der Waals surface area (Å²) in [4.78, 5) is 4.04. The Hall–Kier alpha value is -2.89. The third-order valence-electron chi connectivity index (χ3n) is 3.65. The van der Waals surface area contributed by atoms with Crippen molar-refractivity contribution in [2.75, 3.05) is 12.4 Å². The molecule has 0 fully saturated rings. The van der Waals surface area contributed by atoms with Crippen LogP contribution in [0.25, 0.3) is 0 Å². The maximum absolute atomic E-state index is 5.79. The van der Waals surface area contributed by atoms with E-state index in [1.165, 1.54) is 0 Å². The van der Waals surface area contributed by atoms with Crippen LogP contribution in [0.5, 0.6) is 5.75 Å². The van der Waals surface area contributed by atoms with Crippen molar-refractivity contribution in [3.63, 3.8) is 0 Å². The number of hydrogen-bond acceptors (Lipinski definition) is 6. The zero-order valence-corrected chi connectivity index (χ0v) is 13.3. The van der Waals surface area contributed by atoms with Crippen molar-refractivity contribution >= 4 is 11.7 Å². The van der Waals surface area contributed by atoms with Gasteiger partial charge in [-0.2, -0.15) is 0 Å². The molecule has 0 saturated carbocycles. The summed E-state index contributed by atoms with van der Waals surface area (Å²) in [6.07, 6.45) is 3.39. The molecule has 0 saturated heterocycles. The van der Waals surface area contributed by atoms with Gasteiger partial charge in [0.1, 0.15) is 5.75 Å². The molecule has 0 aliphatic heterocycles. The van der Waals surface area contributed by atoms with Gasteiger partial charge in [-0.05, 0) is 32.0 Å². The fraction of sp³-hybridized carbons (Fsp3) is 0.235. The molecule has 2 heterocycles. The van der Waals surface area contributed by atoms with Crippen LogP contribution in [-0.4, -0.2) is 22.3 Å². The van der Waals surface area contributed by atoms with Crippen molar-refractivity contribution < 1.29 is 9.15 Å². The molecule has 0 aliphatic rings. The van der Waals surface area contributed by atoms with Crippen LogP contribution in [0.3, 0.4) is 0 Å². The lowest BCUT2D eigenvalue weighted by atomic mass is 9.84. The van der Waals surface area contributed by atoms with Gasteiger partial charge in [-0.1, -0.05) is 23.3 Å². The molecule has 0 amide bonds. The third kappa shape index (κ3) is 3.01. The molecular formula is C17H18N4O2. The summed E-state index contributed by atoms with van der Waals surface area (Å²) in [6.45, 7) is 4.04. The van der Waals surface area contributed by atoms with Crippen molar-refractivity contribution in [3.05, 3.63) is 60.2 Å². The van der Waals surface area contributed by atoms with E-state index in [1.54, 1.807) is 19.5 Å². The number of nitrogens with one attached hydrogen (secondary N) is 1. The largest absolute Gasteiger partial charge is 0.496 e. The molecule has 2 aromatic heterocycles. The monoisotopic (exact) mass is 310 g/mol. The van der Waals surface area contributed by atoms with Gasteiger partial charge in [-0.15, -0.1) is 5.10 Å². The lowest BCUT2D eigenvalue weighted by Gasteiger charge is -2.22. The number of anilines is 2. The van der Waals surface area contributed by atoms with Crippen LogP contribution in [0, 0.1) is 0 Å². The first-order valence-corrected chi connectivity index (χ1v) is 7.26. The lowest BCUT2D eigenvalue weighted by molar-refractivity contribution is 0.378. The van der Waals surface area contributed by atoms with Crippen LogP contribution in [0.4, 0.5) is 11.7 Å². The van der Waals surface area contributed by atoms with Gasteiger partial charge in [-0.3, -0.25) is 4.98 Å².